The molecular weight excluding hydrogens is 450 g/mol. The molecule has 0 radical (unpaired) electrons. The Morgan fingerprint density at radius 3 is 2.58 bits per heavy atom. The summed E-state index contributed by atoms with van der Waals surface area (Å²) in [7, 11) is -2.35. The van der Waals surface area contributed by atoms with E-state index in [0.29, 0.717) is 55.1 Å². The fraction of sp³-hybridized carbons (Fsp3) is 0.391. The number of benzene rings is 2. The van der Waals surface area contributed by atoms with E-state index in [0.717, 1.165) is 0 Å². The number of carbonyl (C=O) groups is 2. The average Bonchev–Trinajstić information content (AvgIpc) is 2.84. The van der Waals surface area contributed by atoms with Gasteiger partial charge in [0.15, 0.2) is 11.5 Å². The van der Waals surface area contributed by atoms with Crippen LogP contribution in [0, 0.1) is 0 Å². The molecule has 0 amide bonds. The fourth-order valence-corrected chi connectivity index (χ4v) is 4.28. The number of rotatable bonds is 11. The lowest BCUT2D eigenvalue weighted by atomic mass is 10.1. The Kier molecular flexibility index (Phi) is 8.67. The van der Waals surface area contributed by atoms with Crippen molar-refractivity contribution >= 4 is 22.0 Å². The van der Waals surface area contributed by atoms with Crippen LogP contribution in [0.25, 0.3) is 0 Å². The van der Waals surface area contributed by atoms with Crippen LogP contribution in [0.1, 0.15) is 41.6 Å². The molecule has 0 spiro atoms. The van der Waals surface area contributed by atoms with Crippen LogP contribution >= 0.6 is 0 Å². The first-order valence-electron chi connectivity index (χ1n) is 10.6. The molecule has 3 rings (SSSR count). The minimum atomic E-state index is -3.66. The Bertz CT molecular complexity index is 1080. The van der Waals surface area contributed by atoms with Gasteiger partial charge < -0.3 is 18.9 Å². The van der Waals surface area contributed by atoms with E-state index in [2.05, 4.69) is 9.46 Å². The van der Waals surface area contributed by atoms with Crippen molar-refractivity contribution in [2.75, 3.05) is 26.9 Å². The first-order chi connectivity index (χ1) is 15.9. The van der Waals surface area contributed by atoms with Crippen molar-refractivity contribution < 1.29 is 37.0 Å². The third-order valence-electron chi connectivity index (χ3n) is 4.92. The van der Waals surface area contributed by atoms with Crippen LogP contribution in [0.15, 0.2) is 47.4 Å². The zero-order valence-electron chi connectivity index (χ0n) is 18.4. The molecule has 33 heavy (non-hydrogen) atoms. The summed E-state index contributed by atoms with van der Waals surface area (Å²) in [5, 5.41) is 0. The molecule has 2 aromatic rings. The second kappa shape index (κ2) is 11.7. The molecule has 0 saturated heterocycles. The van der Waals surface area contributed by atoms with E-state index in [-0.39, 0.29) is 30.4 Å². The van der Waals surface area contributed by atoms with Gasteiger partial charge in [0.05, 0.1) is 17.6 Å². The SMILES string of the molecule is COC(=O)c1cccc(COC(=O)CCCCCNS(=O)(=O)c2ccc3c(c2)OCCO3)c1. The van der Waals surface area contributed by atoms with Crippen LogP contribution in [-0.2, 0) is 30.9 Å². The molecule has 178 valence electrons. The summed E-state index contributed by atoms with van der Waals surface area (Å²) in [6, 6.07) is 11.2. The summed E-state index contributed by atoms with van der Waals surface area (Å²) >= 11 is 0. The largest absolute Gasteiger partial charge is 0.486 e. The predicted octanol–water partition coefficient (Wildman–Crippen LogP) is 2.83. The van der Waals surface area contributed by atoms with Crippen LogP contribution in [0.2, 0.25) is 0 Å². The van der Waals surface area contributed by atoms with Crippen molar-refractivity contribution in [2.45, 2.75) is 37.2 Å². The number of unbranched alkanes of at least 4 members (excludes halogenated alkanes) is 2. The average molecular weight is 478 g/mol. The highest BCUT2D eigenvalue weighted by atomic mass is 32.2. The van der Waals surface area contributed by atoms with Gasteiger partial charge in [0, 0.05) is 19.0 Å². The fourth-order valence-electron chi connectivity index (χ4n) is 3.19. The maximum absolute atomic E-state index is 12.5. The van der Waals surface area contributed by atoms with Crippen LogP contribution < -0.4 is 14.2 Å². The lowest BCUT2D eigenvalue weighted by Crippen LogP contribution is -2.25. The smallest absolute Gasteiger partial charge is 0.337 e. The lowest BCUT2D eigenvalue weighted by Gasteiger charge is -2.18. The van der Waals surface area contributed by atoms with Gasteiger partial charge in [0.1, 0.15) is 19.8 Å². The highest BCUT2D eigenvalue weighted by molar-refractivity contribution is 7.89. The Morgan fingerprint density at radius 2 is 1.79 bits per heavy atom. The van der Waals surface area contributed by atoms with E-state index in [4.69, 9.17) is 14.2 Å². The van der Waals surface area contributed by atoms with Crippen molar-refractivity contribution in [3.05, 3.63) is 53.6 Å². The minimum Gasteiger partial charge on any atom is -0.486 e. The number of hydrogen-bond donors (Lipinski definition) is 1. The molecule has 9 nitrogen and oxygen atoms in total. The van der Waals surface area contributed by atoms with E-state index in [1.165, 1.54) is 19.2 Å². The molecule has 0 aliphatic carbocycles. The molecule has 2 aromatic carbocycles. The zero-order valence-corrected chi connectivity index (χ0v) is 19.2. The highest BCUT2D eigenvalue weighted by Crippen LogP contribution is 2.32. The van der Waals surface area contributed by atoms with Gasteiger partial charge in [0.2, 0.25) is 10.0 Å². The number of esters is 2. The number of ether oxygens (including phenoxy) is 4. The van der Waals surface area contributed by atoms with Crippen molar-refractivity contribution in [1.82, 2.24) is 4.72 Å². The molecule has 0 fully saturated rings. The van der Waals surface area contributed by atoms with Gasteiger partial charge >= 0.3 is 11.9 Å². The van der Waals surface area contributed by atoms with Gasteiger partial charge in [-0.3, -0.25) is 4.79 Å². The Hall–Kier alpha value is -3.11. The van der Waals surface area contributed by atoms with E-state index in [1.54, 1.807) is 30.3 Å². The number of hydrogen-bond acceptors (Lipinski definition) is 8. The van der Waals surface area contributed by atoms with Crippen LogP contribution in [0.5, 0.6) is 11.5 Å². The summed E-state index contributed by atoms with van der Waals surface area (Å²) in [6.07, 6.45) is 2.05. The number of sulfonamides is 1. The van der Waals surface area contributed by atoms with Gasteiger partial charge in [-0.05, 0) is 42.7 Å². The molecule has 1 aliphatic rings. The first kappa shape index (κ1) is 24.5. The first-order valence-corrected chi connectivity index (χ1v) is 12.1. The molecule has 0 atom stereocenters. The summed E-state index contributed by atoms with van der Waals surface area (Å²) in [5.74, 6) is 0.144. The van der Waals surface area contributed by atoms with E-state index < -0.39 is 16.0 Å². The second-order valence-electron chi connectivity index (χ2n) is 7.37. The molecular formula is C23H27NO8S. The molecule has 10 heteroatoms. The van der Waals surface area contributed by atoms with Gasteiger partial charge in [0.25, 0.3) is 0 Å². The van der Waals surface area contributed by atoms with E-state index in [1.807, 2.05) is 0 Å². The quantitative estimate of drug-likeness (QED) is 0.388. The van der Waals surface area contributed by atoms with Gasteiger partial charge in [-0.25, -0.2) is 17.9 Å². The lowest BCUT2D eigenvalue weighted by molar-refractivity contribution is -0.145. The topological polar surface area (TPSA) is 117 Å². The summed E-state index contributed by atoms with van der Waals surface area (Å²) in [5.41, 5.74) is 1.09. The van der Waals surface area contributed by atoms with Gasteiger partial charge in [-0.1, -0.05) is 18.6 Å². The van der Waals surface area contributed by atoms with Crippen molar-refractivity contribution in [1.29, 1.82) is 0 Å². The Labute approximate surface area is 193 Å². The zero-order chi connectivity index (χ0) is 23.7. The molecule has 1 aliphatic heterocycles. The predicted molar refractivity (Wildman–Crippen MR) is 119 cm³/mol. The number of methoxy groups -OCH3 is 1. The highest BCUT2D eigenvalue weighted by Gasteiger charge is 2.19. The standard InChI is InChI=1S/C23H27NO8S/c1-29-23(26)18-7-5-6-17(14-18)16-32-22(25)8-3-2-4-11-24-33(27,28)19-9-10-20-21(15-19)31-13-12-30-20/h5-7,9-10,14-15,24H,2-4,8,11-13,16H2,1H3. The van der Waals surface area contributed by atoms with E-state index in [9.17, 15) is 18.0 Å². The number of fused-ring (bicyclic) bond motifs is 1. The normalized spacial score (nSPS) is 12.8. The maximum atomic E-state index is 12.5. The Balaban J connectivity index is 1.33. The summed E-state index contributed by atoms with van der Waals surface area (Å²) < 4.78 is 48.2. The molecule has 1 N–H and O–H groups in total. The summed E-state index contributed by atoms with van der Waals surface area (Å²) in [4.78, 5) is 23.6. The van der Waals surface area contributed by atoms with Crippen molar-refractivity contribution in [3.63, 3.8) is 0 Å². The van der Waals surface area contributed by atoms with Crippen LogP contribution in [0.4, 0.5) is 0 Å². The van der Waals surface area contributed by atoms with Crippen molar-refractivity contribution in [2.24, 2.45) is 0 Å². The number of nitrogens with one attached hydrogen (secondary N) is 1. The molecule has 0 aromatic heterocycles. The Morgan fingerprint density at radius 1 is 1.00 bits per heavy atom. The molecule has 0 bridgehead atoms. The van der Waals surface area contributed by atoms with E-state index >= 15 is 0 Å². The van der Waals surface area contributed by atoms with Crippen molar-refractivity contribution in [3.8, 4) is 11.5 Å². The summed E-state index contributed by atoms with van der Waals surface area (Å²) in [6.45, 7) is 1.14. The number of carbonyl (C=O) groups excluding carboxylic acids is 2. The molecule has 1 heterocycles. The molecule has 0 unspecified atom stereocenters. The monoisotopic (exact) mass is 477 g/mol. The minimum absolute atomic E-state index is 0.0685. The maximum Gasteiger partial charge on any atom is 0.337 e. The van der Waals surface area contributed by atoms with Crippen LogP contribution in [-0.4, -0.2) is 47.2 Å². The molecule has 0 saturated carbocycles. The second-order valence-corrected chi connectivity index (χ2v) is 9.13. The third-order valence-corrected chi connectivity index (χ3v) is 6.38. The third kappa shape index (κ3) is 7.19. The van der Waals surface area contributed by atoms with Crippen LogP contribution in [0.3, 0.4) is 0 Å². The van der Waals surface area contributed by atoms with Gasteiger partial charge in [-0.15, -0.1) is 0 Å². The van der Waals surface area contributed by atoms with Gasteiger partial charge in [-0.2, -0.15) is 0 Å².